The number of carboxylic acids is 1. The number of carbonyl (C=O) groups is 4. The second-order valence-corrected chi connectivity index (χ2v) is 8.95. The van der Waals surface area contributed by atoms with Crippen molar-refractivity contribution in [2.75, 3.05) is 19.8 Å². The number of hydroxylamine groups is 2. The molecule has 1 aliphatic rings. The number of rotatable bonds is 16. The SMILES string of the molecule is O=C(CCc1cc(N=Nc2ccccc2C(=O)O)ccc1O)NCCCCCCNCON1C(=O)CCC1=O. The van der Waals surface area contributed by atoms with Crippen molar-refractivity contribution in [2.24, 2.45) is 10.2 Å². The molecule has 2 aromatic carbocycles. The Morgan fingerprint density at radius 1 is 0.949 bits per heavy atom. The van der Waals surface area contributed by atoms with Gasteiger partial charge in [0, 0.05) is 25.8 Å². The molecule has 3 amide bonds. The molecule has 0 spiro atoms. The van der Waals surface area contributed by atoms with Crippen LogP contribution < -0.4 is 10.6 Å². The van der Waals surface area contributed by atoms with E-state index in [1.165, 1.54) is 12.1 Å². The highest BCUT2D eigenvalue weighted by atomic mass is 16.7. The summed E-state index contributed by atoms with van der Waals surface area (Å²) in [4.78, 5) is 51.5. The molecule has 0 radical (unpaired) electrons. The van der Waals surface area contributed by atoms with E-state index in [1.807, 2.05) is 0 Å². The molecule has 2 aromatic rings. The van der Waals surface area contributed by atoms with Gasteiger partial charge in [-0.3, -0.25) is 19.7 Å². The summed E-state index contributed by atoms with van der Waals surface area (Å²) in [5.41, 5.74) is 1.23. The highest BCUT2D eigenvalue weighted by Crippen LogP contribution is 2.27. The third-order valence-corrected chi connectivity index (χ3v) is 6.00. The lowest BCUT2D eigenvalue weighted by molar-refractivity contribution is -0.189. The van der Waals surface area contributed by atoms with Gasteiger partial charge in [-0.05, 0) is 61.7 Å². The number of phenolic OH excluding ortho intramolecular Hbond substituents is 1. The van der Waals surface area contributed by atoms with Gasteiger partial charge in [-0.25, -0.2) is 9.63 Å². The minimum absolute atomic E-state index is 0.0357. The molecule has 0 saturated carbocycles. The zero-order chi connectivity index (χ0) is 28.0. The number of azo groups is 1. The molecular formula is C27H33N5O7. The molecule has 39 heavy (non-hydrogen) atoms. The van der Waals surface area contributed by atoms with Crippen LogP contribution in [0.3, 0.4) is 0 Å². The Balaban J connectivity index is 1.29. The summed E-state index contributed by atoms with van der Waals surface area (Å²) < 4.78 is 0. The van der Waals surface area contributed by atoms with E-state index in [0.29, 0.717) is 30.8 Å². The summed E-state index contributed by atoms with van der Waals surface area (Å²) in [5.74, 6) is -1.79. The van der Waals surface area contributed by atoms with Gasteiger partial charge in [-0.2, -0.15) is 10.2 Å². The van der Waals surface area contributed by atoms with Crippen molar-refractivity contribution in [1.82, 2.24) is 15.7 Å². The van der Waals surface area contributed by atoms with Crippen molar-refractivity contribution in [2.45, 2.75) is 51.4 Å². The summed E-state index contributed by atoms with van der Waals surface area (Å²) in [6, 6.07) is 10.9. The molecule has 208 valence electrons. The van der Waals surface area contributed by atoms with Gasteiger partial charge in [-0.15, -0.1) is 5.11 Å². The number of nitrogens with zero attached hydrogens (tertiary/aromatic N) is 3. The number of benzene rings is 2. The number of amides is 3. The van der Waals surface area contributed by atoms with Crippen molar-refractivity contribution in [3.63, 3.8) is 0 Å². The van der Waals surface area contributed by atoms with Gasteiger partial charge in [0.15, 0.2) is 0 Å². The van der Waals surface area contributed by atoms with Gasteiger partial charge in [-0.1, -0.05) is 25.0 Å². The van der Waals surface area contributed by atoms with Crippen LogP contribution in [0.4, 0.5) is 11.4 Å². The fourth-order valence-corrected chi connectivity index (χ4v) is 3.86. The third-order valence-electron chi connectivity index (χ3n) is 6.00. The average Bonchev–Trinajstić information content (AvgIpc) is 3.25. The summed E-state index contributed by atoms with van der Waals surface area (Å²) in [6.07, 6.45) is 4.53. The summed E-state index contributed by atoms with van der Waals surface area (Å²) >= 11 is 0. The van der Waals surface area contributed by atoms with Crippen molar-refractivity contribution < 1.29 is 34.2 Å². The Morgan fingerprint density at radius 2 is 1.67 bits per heavy atom. The molecule has 4 N–H and O–H groups in total. The van der Waals surface area contributed by atoms with Crippen molar-refractivity contribution in [1.29, 1.82) is 0 Å². The lowest BCUT2D eigenvalue weighted by atomic mass is 10.1. The summed E-state index contributed by atoms with van der Waals surface area (Å²) in [6.45, 7) is 1.35. The molecule has 0 bridgehead atoms. The van der Waals surface area contributed by atoms with Crippen LogP contribution in [0.5, 0.6) is 5.75 Å². The van der Waals surface area contributed by atoms with Crippen LogP contribution in [0.25, 0.3) is 0 Å². The fraction of sp³-hybridized carbons (Fsp3) is 0.407. The zero-order valence-electron chi connectivity index (χ0n) is 21.6. The number of phenols is 1. The Kier molecular flexibility index (Phi) is 11.5. The molecule has 1 heterocycles. The van der Waals surface area contributed by atoms with Crippen LogP contribution in [-0.2, 0) is 25.6 Å². The number of carbonyl (C=O) groups excluding carboxylic acids is 3. The zero-order valence-corrected chi connectivity index (χ0v) is 21.6. The van der Waals surface area contributed by atoms with Crippen LogP contribution >= 0.6 is 0 Å². The van der Waals surface area contributed by atoms with Crippen LogP contribution in [0.1, 0.15) is 60.9 Å². The Hall–Kier alpha value is -4.16. The van der Waals surface area contributed by atoms with Crippen LogP contribution in [0.15, 0.2) is 52.7 Å². The van der Waals surface area contributed by atoms with Crippen molar-refractivity contribution >= 4 is 35.1 Å². The quantitative estimate of drug-likeness (QED) is 0.108. The monoisotopic (exact) mass is 539 g/mol. The molecule has 0 atom stereocenters. The minimum atomic E-state index is -1.10. The maximum absolute atomic E-state index is 12.2. The number of unbranched alkanes of at least 4 members (excludes halogenated alkanes) is 3. The van der Waals surface area contributed by atoms with Gasteiger partial charge in [0.05, 0.1) is 11.3 Å². The smallest absolute Gasteiger partial charge is 0.337 e. The largest absolute Gasteiger partial charge is 0.508 e. The number of hydrogen-bond acceptors (Lipinski definition) is 9. The molecular weight excluding hydrogens is 506 g/mol. The van der Waals surface area contributed by atoms with Crippen molar-refractivity contribution in [3.05, 3.63) is 53.6 Å². The van der Waals surface area contributed by atoms with E-state index in [1.54, 1.807) is 30.3 Å². The first-order chi connectivity index (χ1) is 18.8. The maximum Gasteiger partial charge on any atom is 0.337 e. The first kappa shape index (κ1) is 29.4. The number of aryl methyl sites for hydroxylation is 1. The molecule has 0 aromatic heterocycles. The average molecular weight is 540 g/mol. The van der Waals surface area contributed by atoms with Gasteiger partial charge < -0.3 is 15.5 Å². The Bertz CT molecular complexity index is 1180. The first-order valence-corrected chi connectivity index (χ1v) is 12.9. The van der Waals surface area contributed by atoms with Crippen LogP contribution in [-0.4, -0.2) is 58.8 Å². The van der Waals surface area contributed by atoms with E-state index >= 15 is 0 Å². The number of nitrogens with one attached hydrogen (secondary N) is 2. The van der Waals surface area contributed by atoms with E-state index < -0.39 is 5.97 Å². The highest BCUT2D eigenvalue weighted by Gasteiger charge is 2.29. The standard InChI is InChI=1S/C27H33N5O7/c33-23-11-10-20(30-31-22-8-4-3-7-21(22)27(37)38)17-19(23)9-12-24(34)29-16-6-2-1-5-15-28-18-39-32-25(35)13-14-26(32)36/h3-4,7-8,10-11,17,28,33H,1-2,5-6,9,12-16,18H2,(H,29,34)(H,37,38). The number of imide groups is 1. The predicted octanol–water partition coefficient (Wildman–Crippen LogP) is 3.74. The van der Waals surface area contributed by atoms with Crippen molar-refractivity contribution in [3.8, 4) is 5.75 Å². The second kappa shape index (κ2) is 15.3. The molecule has 12 nitrogen and oxygen atoms in total. The fourth-order valence-electron chi connectivity index (χ4n) is 3.86. The predicted molar refractivity (Wildman–Crippen MR) is 141 cm³/mol. The molecule has 12 heteroatoms. The highest BCUT2D eigenvalue weighted by molar-refractivity contribution is 6.00. The van der Waals surface area contributed by atoms with Crippen LogP contribution in [0, 0.1) is 0 Å². The molecule has 3 rings (SSSR count). The normalized spacial score (nSPS) is 13.4. The van der Waals surface area contributed by atoms with Gasteiger partial charge in [0.2, 0.25) is 5.91 Å². The number of hydrogen-bond donors (Lipinski definition) is 4. The van der Waals surface area contributed by atoms with E-state index in [9.17, 15) is 29.4 Å². The topological polar surface area (TPSA) is 170 Å². The van der Waals surface area contributed by atoms with Crippen LogP contribution in [0.2, 0.25) is 0 Å². The number of aromatic hydroxyl groups is 1. The molecule has 1 saturated heterocycles. The van der Waals surface area contributed by atoms with Gasteiger partial charge in [0.25, 0.3) is 11.8 Å². The van der Waals surface area contributed by atoms with Gasteiger partial charge in [0.1, 0.15) is 18.2 Å². The molecule has 1 aliphatic heterocycles. The molecule has 1 fully saturated rings. The minimum Gasteiger partial charge on any atom is -0.508 e. The first-order valence-electron chi connectivity index (χ1n) is 12.9. The molecule has 0 aliphatic carbocycles. The lowest BCUT2D eigenvalue weighted by Gasteiger charge is -2.13. The Labute approximate surface area is 226 Å². The van der Waals surface area contributed by atoms with E-state index in [-0.39, 0.29) is 60.7 Å². The van der Waals surface area contributed by atoms with Gasteiger partial charge >= 0.3 is 5.97 Å². The maximum atomic E-state index is 12.2. The summed E-state index contributed by atoms with van der Waals surface area (Å²) in [5, 5.41) is 34.2. The van der Waals surface area contributed by atoms with E-state index in [0.717, 1.165) is 30.7 Å². The molecule has 0 unspecified atom stereocenters. The number of carboxylic acid groups (broad SMARTS) is 1. The second-order valence-electron chi connectivity index (χ2n) is 8.95. The number of aromatic carboxylic acids is 1. The Morgan fingerprint density at radius 3 is 2.41 bits per heavy atom. The third kappa shape index (κ3) is 9.58. The van der Waals surface area contributed by atoms with E-state index in [4.69, 9.17) is 4.84 Å². The lowest BCUT2D eigenvalue weighted by Crippen LogP contribution is -2.33. The van der Waals surface area contributed by atoms with E-state index in [2.05, 4.69) is 20.9 Å². The summed E-state index contributed by atoms with van der Waals surface area (Å²) in [7, 11) is 0.